The number of hydrogen-bond donors (Lipinski definition) is 0. The molecule has 0 spiro atoms. The van der Waals surface area contributed by atoms with Crippen molar-refractivity contribution in [3.05, 3.63) is 53.1 Å². The minimum atomic E-state index is -3.88. The fourth-order valence-electron chi connectivity index (χ4n) is 3.54. The van der Waals surface area contributed by atoms with Crippen LogP contribution in [0.3, 0.4) is 0 Å². The van der Waals surface area contributed by atoms with Crippen molar-refractivity contribution in [2.45, 2.75) is 43.0 Å². The van der Waals surface area contributed by atoms with Gasteiger partial charge in [-0.15, -0.1) is 5.10 Å². The lowest BCUT2D eigenvalue weighted by atomic mass is 10.2. The molecule has 9 heteroatoms. The summed E-state index contributed by atoms with van der Waals surface area (Å²) < 4.78 is 28.2. The highest BCUT2D eigenvalue weighted by atomic mass is 35.5. The van der Waals surface area contributed by atoms with Crippen LogP contribution in [0.25, 0.3) is 16.6 Å². The zero-order valence-corrected chi connectivity index (χ0v) is 19.3. The molecule has 0 bridgehead atoms. The summed E-state index contributed by atoms with van der Waals surface area (Å²) in [4.78, 5) is 6.90. The van der Waals surface area contributed by atoms with E-state index in [2.05, 4.69) is 17.2 Å². The Bertz CT molecular complexity index is 1350. The average molecular weight is 458 g/mol. The van der Waals surface area contributed by atoms with Gasteiger partial charge in [0.2, 0.25) is 14.9 Å². The molecule has 7 nitrogen and oxygen atoms in total. The number of hydrogen-bond acceptors (Lipinski definition) is 6. The highest BCUT2D eigenvalue weighted by molar-refractivity contribution is 7.91. The van der Waals surface area contributed by atoms with E-state index < -0.39 is 9.84 Å². The quantitative estimate of drug-likeness (QED) is 0.404. The third-order valence-corrected chi connectivity index (χ3v) is 7.26. The van der Waals surface area contributed by atoms with Crippen LogP contribution in [0.15, 0.2) is 52.4 Å². The van der Waals surface area contributed by atoms with Gasteiger partial charge in [-0.1, -0.05) is 49.2 Å². The molecule has 4 aromatic rings. The molecule has 0 aliphatic heterocycles. The van der Waals surface area contributed by atoms with Crippen LogP contribution in [0.1, 0.15) is 32.3 Å². The van der Waals surface area contributed by atoms with Gasteiger partial charge >= 0.3 is 0 Å². The Morgan fingerprint density at radius 1 is 1.10 bits per heavy atom. The van der Waals surface area contributed by atoms with E-state index >= 15 is 0 Å². The van der Waals surface area contributed by atoms with E-state index in [0.717, 1.165) is 36.8 Å². The molecule has 2 heterocycles. The maximum Gasteiger partial charge on any atom is 0.229 e. The number of unbranched alkanes of at least 4 members (excludes halogenated alkanes) is 1. The molecular formula is C22H24ClN5O2S. The Kier molecular flexibility index (Phi) is 5.85. The second-order valence-corrected chi connectivity index (χ2v) is 9.80. The highest BCUT2D eigenvalue weighted by Crippen LogP contribution is 2.31. The molecule has 0 saturated heterocycles. The van der Waals surface area contributed by atoms with Gasteiger partial charge in [-0.3, -0.25) is 0 Å². The van der Waals surface area contributed by atoms with Crippen molar-refractivity contribution >= 4 is 43.8 Å². The van der Waals surface area contributed by atoms with Gasteiger partial charge in [0.1, 0.15) is 5.82 Å². The van der Waals surface area contributed by atoms with Gasteiger partial charge in [-0.25, -0.2) is 13.4 Å². The van der Waals surface area contributed by atoms with Crippen LogP contribution in [0, 0.1) is 0 Å². The summed E-state index contributed by atoms with van der Waals surface area (Å²) in [5.74, 6) is 0.651. The predicted molar refractivity (Wildman–Crippen MR) is 123 cm³/mol. The molecule has 0 radical (unpaired) electrons. The first-order valence-corrected chi connectivity index (χ1v) is 12.1. The minimum Gasteiger partial charge on any atom is -0.359 e. The first-order valence-electron chi connectivity index (χ1n) is 10.3. The number of aryl methyl sites for hydroxylation is 1. The SMILES string of the molecule is CCCCN(C)c1nc2c(S(=O)(=O)c3ccc(CC)cc3)nnn2c2ccc(Cl)cc12. The summed E-state index contributed by atoms with van der Waals surface area (Å²) in [6.45, 7) is 4.92. The Labute approximate surface area is 186 Å². The summed E-state index contributed by atoms with van der Waals surface area (Å²) in [6.07, 6.45) is 2.85. The first kappa shape index (κ1) is 21.5. The Hall–Kier alpha value is -2.71. The fraction of sp³-hybridized carbons (Fsp3) is 0.318. The number of aromatic nitrogens is 4. The number of anilines is 1. The molecule has 0 atom stereocenters. The van der Waals surface area contributed by atoms with E-state index in [0.29, 0.717) is 16.4 Å². The summed E-state index contributed by atoms with van der Waals surface area (Å²) >= 11 is 6.25. The van der Waals surface area contributed by atoms with Crippen molar-refractivity contribution in [1.29, 1.82) is 0 Å². The minimum absolute atomic E-state index is 0.154. The molecule has 0 N–H and O–H groups in total. The van der Waals surface area contributed by atoms with E-state index in [-0.39, 0.29) is 15.6 Å². The smallest absolute Gasteiger partial charge is 0.229 e. The zero-order valence-electron chi connectivity index (χ0n) is 17.7. The molecule has 0 unspecified atom stereocenters. The summed E-state index contributed by atoms with van der Waals surface area (Å²) in [5.41, 5.74) is 1.96. The van der Waals surface area contributed by atoms with Gasteiger partial charge in [0.15, 0.2) is 5.65 Å². The third-order valence-electron chi connectivity index (χ3n) is 5.36. The van der Waals surface area contributed by atoms with Gasteiger partial charge < -0.3 is 4.90 Å². The van der Waals surface area contributed by atoms with Crippen LogP contribution < -0.4 is 4.90 Å². The number of sulfone groups is 1. The maximum absolute atomic E-state index is 13.4. The number of fused-ring (bicyclic) bond motifs is 3. The molecule has 2 aromatic heterocycles. The maximum atomic E-state index is 13.4. The molecule has 0 amide bonds. The van der Waals surface area contributed by atoms with E-state index in [1.165, 1.54) is 4.52 Å². The van der Waals surface area contributed by atoms with Crippen molar-refractivity contribution < 1.29 is 8.42 Å². The molecule has 0 saturated carbocycles. The summed E-state index contributed by atoms with van der Waals surface area (Å²) in [6, 6.07) is 12.2. The first-order chi connectivity index (χ1) is 14.9. The summed E-state index contributed by atoms with van der Waals surface area (Å²) in [7, 11) is -1.94. The van der Waals surface area contributed by atoms with Crippen molar-refractivity contribution in [3.8, 4) is 0 Å². The van der Waals surface area contributed by atoms with Gasteiger partial charge in [-0.05, 0) is 48.7 Å². The van der Waals surface area contributed by atoms with Crippen LogP contribution in [-0.2, 0) is 16.3 Å². The van der Waals surface area contributed by atoms with E-state index in [1.54, 1.807) is 18.2 Å². The van der Waals surface area contributed by atoms with Crippen LogP contribution in [0.4, 0.5) is 5.82 Å². The molecule has 0 aliphatic carbocycles. The molecule has 31 heavy (non-hydrogen) atoms. The predicted octanol–water partition coefficient (Wildman–Crippen LogP) is 4.56. The normalized spacial score (nSPS) is 12.0. The average Bonchev–Trinajstić information content (AvgIpc) is 3.21. The fourth-order valence-corrected chi connectivity index (χ4v) is 4.94. The van der Waals surface area contributed by atoms with Crippen molar-refractivity contribution in [3.63, 3.8) is 0 Å². The Morgan fingerprint density at radius 3 is 2.52 bits per heavy atom. The topological polar surface area (TPSA) is 80.5 Å². The number of benzene rings is 2. The standard InChI is InChI=1S/C22H24ClN5O2S/c1-4-6-13-27(3)20-18-14-16(23)9-12-19(18)28-21(24-20)22(25-26-28)31(29,30)17-10-7-15(5-2)8-11-17/h7-12,14H,4-6,13H2,1-3H3. The summed E-state index contributed by atoms with van der Waals surface area (Å²) in [5, 5.41) is 9.37. The van der Waals surface area contributed by atoms with Gasteiger partial charge in [-0.2, -0.15) is 4.52 Å². The second kappa shape index (κ2) is 8.43. The second-order valence-electron chi connectivity index (χ2n) is 7.50. The van der Waals surface area contributed by atoms with Gasteiger partial charge in [0.25, 0.3) is 0 Å². The molecule has 162 valence electrons. The zero-order chi connectivity index (χ0) is 22.2. The van der Waals surface area contributed by atoms with Crippen LogP contribution in [0.2, 0.25) is 5.02 Å². The molecule has 0 aliphatic rings. The van der Waals surface area contributed by atoms with Crippen molar-refractivity contribution in [2.75, 3.05) is 18.5 Å². The lowest BCUT2D eigenvalue weighted by molar-refractivity contribution is 0.592. The van der Waals surface area contributed by atoms with E-state index in [9.17, 15) is 8.42 Å². The number of rotatable bonds is 7. The molecule has 0 fully saturated rings. The third kappa shape index (κ3) is 3.85. The largest absolute Gasteiger partial charge is 0.359 e. The van der Waals surface area contributed by atoms with E-state index in [4.69, 9.17) is 16.6 Å². The lowest BCUT2D eigenvalue weighted by Crippen LogP contribution is -2.20. The Morgan fingerprint density at radius 2 is 1.84 bits per heavy atom. The highest BCUT2D eigenvalue weighted by Gasteiger charge is 2.27. The van der Waals surface area contributed by atoms with E-state index in [1.807, 2.05) is 43.1 Å². The van der Waals surface area contributed by atoms with Crippen molar-refractivity contribution in [2.24, 2.45) is 0 Å². The van der Waals surface area contributed by atoms with Crippen LogP contribution in [-0.4, -0.2) is 41.8 Å². The molecule has 4 rings (SSSR count). The van der Waals surface area contributed by atoms with Gasteiger partial charge in [0.05, 0.1) is 10.4 Å². The van der Waals surface area contributed by atoms with Crippen LogP contribution >= 0.6 is 11.6 Å². The number of nitrogens with zero attached hydrogens (tertiary/aromatic N) is 5. The monoisotopic (exact) mass is 457 g/mol. The van der Waals surface area contributed by atoms with Crippen LogP contribution in [0.5, 0.6) is 0 Å². The Balaban J connectivity index is 1.95. The lowest BCUT2D eigenvalue weighted by Gasteiger charge is -2.20. The molecular weight excluding hydrogens is 434 g/mol. The molecule has 2 aromatic carbocycles. The van der Waals surface area contributed by atoms with Crippen molar-refractivity contribution in [1.82, 2.24) is 19.8 Å². The number of halogens is 1. The van der Waals surface area contributed by atoms with Gasteiger partial charge in [0, 0.05) is 24.0 Å².